The Bertz CT molecular complexity index is 262. The van der Waals surface area contributed by atoms with Crippen molar-refractivity contribution < 1.29 is 8.81 Å². The Morgan fingerprint density at radius 3 is 3.08 bits per heavy atom. The third kappa shape index (κ3) is 1.48. The summed E-state index contributed by atoms with van der Waals surface area (Å²) in [6, 6.07) is 3.32. The summed E-state index contributed by atoms with van der Waals surface area (Å²) < 4.78 is 19.3. The zero-order chi connectivity index (χ0) is 9.31. The van der Waals surface area contributed by atoms with Crippen LogP contribution in [0.25, 0.3) is 0 Å². The maximum absolute atomic E-state index is 14.2. The average molecular weight is 183 g/mol. The van der Waals surface area contributed by atoms with Gasteiger partial charge in [-0.3, -0.25) is 0 Å². The Morgan fingerprint density at radius 2 is 2.54 bits per heavy atom. The van der Waals surface area contributed by atoms with Gasteiger partial charge in [0.25, 0.3) is 0 Å². The summed E-state index contributed by atoms with van der Waals surface area (Å²) in [7, 11) is 0. The summed E-state index contributed by atoms with van der Waals surface area (Å²) in [5.41, 5.74) is -1.38. The van der Waals surface area contributed by atoms with Crippen LogP contribution in [0.3, 0.4) is 0 Å². The van der Waals surface area contributed by atoms with Crippen molar-refractivity contribution >= 4 is 0 Å². The normalized spacial score (nSPS) is 27.4. The molecule has 0 saturated carbocycles. The van der Waals surface area contributed by atoms with Gasteiger partial charge in [0.2, 0.25) is 0 Å². The fourth-order valence-corrected chi connectivity index (χ4v) is 1.88. The minimum atomic E-state index is -1.38. The SMILES string of the molecule is CC(F)(c1ccco1)C1CCCN1. The Balaban J connectivity index is 2.19. The van der Waals surface area contributed by atoms with E-state index in [0.717, 1.165) is 19.4 Å². The summed E-state index contributed by atoms with van der Waals surface area (Å²) >= 11 is 0. The topological polar surface area (TPSA) is 25.2 Å². The van der Waals surface area contributed by atoms with Crippen LogP contribution in [-0.2, 0) is 5.67 Å². The quantitative estimate of drug-likeness (QED) is 0.760. The van der Waals surface area contributed by atoms with Crippen LogP contribution in [0.5, 0.6) is 0 Å². The maximum atomic E-state index is 14.2. The minimum Gasteiger partial charge on any atom is -0.466 e. The Labute approximate surface area is 77.1 Å². The van der Waals surface area contributed by atoms with E-state index in [2.05, 4.69) is 5.32 Å². The molecule has 1 aliphatic rings. The van der Waals surface area contributed by atoms with E-state index in [1.54, 1.807) is 19.1 Å². The number of hydrogen-bond acceptors (Lipinski definition) is 2. The second-order valence-corrected chi connectivity index (χ2v) is 3.70. The molecule has 72 valence electrons. The summed E-state index contributed by atoms with van der Waals surface area (Å²) in [5.74, 6) is 0.423. The van der Waals surface area contributed by atoms with Gasteiger partial charge >= 0.3 is 0 Å². The highest BCUT2D eigenvalue weighted by Gasteiger charge is 2.39. The van der Waals surface area contributed by atoms with Crippen LogP contribution in [0, 0.1) is 0 Å². The lowest BCUT2D eigenvalue weighted by Gasteiger charge is -2.25. The van der Waals surface area contributed by atoms with E-state index in [9.17, 15) is 4.39 Å². The van der Waals surface area contributed by atoms with Crippen LogP contribution >= 0.6 is 0 Å². The highest BCUT2D eigenvalue weighted by molar-refractivity contribution is 5.12. The van der Waals surface area contributed by atoms with E-state index in [-0.39, 0.29) is 6.04 Å². The van der Waals surface area contributed by atoms with Gasteiger partial charge in [-0.2, -0.15) is 0 Å². The van der Waals surface area contributed by atoms with Crippen molar-refractivity contribution in [2.24, 2.45) is 0 Å². The van der Waals surface area contributed by atoms with Crippen LogP contribution in [0.1, 0.15) is 25.5 Å². The first-order valence-electron chi connectivity index (χ1n) is 4.67. The molecule has 0 radical (unpaired) electrons. The standard InChI is InChI=1S/C10H14FNO/c1-10(11,8-4-2-6-12-8)9-5-3-7-13-9/h3,5,7-8,12H,2,4,6H2,1H3. The zero-order valence-electron chi connectivity index (χ0n) is 7.72. The van der Waals surface area contributed by atoms with Gasteiger partial charge in [0.1, 0.15) is 5.76 Å². The molecule has 3 heteroatoms. The molecule has 0 amide bonds. The molecule has 2 atom stereocenters. The summed E-state index contributed by atoms with van der Waals surface area (Å²) in [4.78, 5) is 0. The van der Waals surface area contributed by atoms with Crippen LogP contribution in [0.4, 0.5) is 4.39 Å². The summed E-state index contributed by atoms with van der Waals surface area (Å²) in [5, 5.41) is 3.15. The van der Waals surface area contributed by atoms with Gasteiger partial charge in [0.15, 0.2) is 5.67 Å². The first-order valence-corrected chi connectivity index (χ1v) is 4.67. The predicted octanol–water partition coefficient (Wildman–Crippen LogP) is 2.22. The number of halogens is 1. The molecule has 0 aromatic carbocycles. The Morgan fingerprint density at radius 1 is 1.69 bits per heavy atom. The Kier molecular flexibility index (Phi) is 2.12. The molecule has 1 aliphatic heterocycles. The van der Waals surface area contributed by atoms with Crippen molar-refractivity contribution in [1.29, 1.82) is 0 Å². The van der Waals surface area contributed by atoms with E-state index in [4.69, 9.17) is 4.42 Å². The minimum absolute atomic E-state index is 0.0985. The summed E-state index contributed by atoms with van der Waals surface area (Å²) in [6.45, 7) is 2.49. The lowest BCUT2D eigenvalue weighted by Crippen LogP contribution is -2.39. The maximum Gasteiger partial charge on any atom is 0.180 e. The van der Waals surface area contributed by atoms with Crippen LogP contribution < -0.4 is 5.32 Å². The fraction of sp³-hybridized carbons (Fsp3) is 0.600. The Hall–Kier alpha value is -0.830. The molecule has 2 nitrogen and oxygen atoms in total. The predicted molar refractivity (Wildman–Crippen MR) is 48.2 cm³/mol. The van der Waals surface area contributed by atoms with Gasteiger partial charge in [-0.25, -0.2) is 4.39 Å². The molecule has 0 bridgehead atoms. The summed E-state index contributed by atoms with van der Waals surface area (Å²) in [6.07, 6.45) is 3.45. The van der Waals surface area contributed by atoms with Crippen molar-refractivity contribution in [3.8, 4) is 0 Å². The molecule has 2 unspecified atom stereocenters. The molecule has 2 rings (SSSR count). The number of hydrogen-bond donors (Lipinski definition) is 1. The monoisotopic (exact) mass is 183 g/mol. The molecule has 1 fully saturated rings. The van der Waals surface area contributed by atoms with Crippen molar-refractivity contribution in [1.82, 2.24) is 5.32 Å². The average Bonchev–Trinajstić information content (AvgIpc) is 2.78. The second-order valence-electron chi connectivity index (χ2n) is 3.70. The highest BCUT2D eigenvalue weighted by Crippen LogP contribution is 2.33. The van der Waals surface area contributed by atoms with Gasteiger partial charge in [-0.1, -0.05) is 0 Å². The van der Waals surface area contributed by atoms with E-state index in [1.807, 2.05) is 0 Å². The molecule has 1 saturated heterocycles. The van der Waals surface area contributed by atoms with Crippen LogP contribution in [0.15, 0.2) is 22.8 Å². The smallest absolute Gasteiger partial charge is 0.180 e. The van der Waals surface area contributed by atoms with E-state index < -0.39 is 5.67 Å². The van der Waals surface area contributed by atoms with Crippen LogP contribution in [0.2, 0.25) is 0 Å². The van der Waals surface area contributed by atoms with Gasteiger partial charge < -0.3 is 9.73 Å². The molecular weight excluding hydrogens is 169 g/mol. The number of furan rings is 1. The third-order valence-corrected chi connectivity index (χ3v) is 2.72. The van der Waals surface area contributed by atoms with Gasteiger partial charge in [0.05, 0.1) is 6.26 Å². The van der Waals surface area contributed by atoms with Crippen LogP contribution in [-0.4, -0.2) is 12.6 Å². The van der Waals surface area contributed by atoms with Gasteiger partial charge in [-0.15, -0.1) is 0 Å². The molecule has 1 aromatic heterocycles. The lowest BCUT2D eigenvalue weighted by molar-refractivity contribution is 0.106. The molecule has 0 aliphatic carbocycles. The molecule has 2 heterocycles. The largest absolute Gasteiger partial charge is 0.466 e. The van der Waals surface area contributed by atoms with Crippen molar-refractivity contribution in [3.05, 3.63) is 24.2 Å². The van der Waals surface area contributed by atoms with Crippen molar-refractivity contribution in [2.45, 2.75) is 31.5 Å². The van der Waals surface area contributed by atoms with Crippen molar-refractivity contribution in [2.75, 3.05) is 6.54 Å². The lowest BCUT2D eigenvalue weighted by atomic mass is 9.94. The second kappa shape index (κ2) is 3.14. The molecule has 13 heavy (non-hydrogen) atoms. The van der Waals surface area contributed by atoms with E-state index in [0.29, 0.717) is 5.76 Å². The van der Waals surface area contributed by atoms with E-state index in [1.165, 1.54) is 6.26 Å². The zero-order valence-corrected chi connectivity index (χ0v) is 7.72. The molecular formula is C10H14FNO. The third-order valence-electron chi connectivity index (χ3n) is 2.72. The number of alkyl halides is 1. The highest BCUT2D eigenvalue weighted by atomic mass is 19.1. The fourth-order valence-electron chi connectivity index (χ4n) is 1.88. The number of rotatable bonds is 2. The molecule has 0 spiro atoms. The van der Waals surface area contributed by atoms with Crippen molar-refractivity contribution in [3.63, 3.8) is 0 Å². The molecule has 1 N–H and O–H groups in total. The van der Waals surface area contributed by atoms with Gasteiger partial charge in [-0.05, 0) is 38.4 Å². The first kappa shape index (κ1) is 8.75. The molecule has 1 aromatic rings. The van der Waals surface area contributed by atoms with Gasteiger partial charge in [0, 0.05) is 6.04 Å². The first-order chi connectivity index (χ1) is 6.21. The number of nitrogens with one attached hydrogen (secondary N) is 1. The van der Waals surface area contributed by atoms with E-state index >= 15 is 0 Å².